The van der Waals surface area contributed by atoms with Gasteiger partial charge in [0, 0.05) is 27.7 Å². The lowest BCUT2D eigenvalue weighted by Crippen LogP contribution is -2.43. The largest absolute Gasteiger partial charge is 0.326 e. The van der Waals surface area contributed by atoms with Crippen molar-refractivity contribution in [3.63, 3.8) is 0 Å². The van der Waals surface area contributed by atoms with Gasteiger partial charge in [0.2, 0.25) is 0 Å². The summed E-state index contributed by atoms with van der Waals surface area (Å²) in [5.41, 5.74) is 2.86. The van der Waals surface area contributed by atoms with Gasteiger partial charge in [-0.25, -0.2) is 0 Å². The van der Waals surface area contributed by atoms with E-state index in [0.29, 0.717) is 0 Å². The third-order valence-electron chi connectivity index (χ3n) is 6.02. The van der Waals surface area contributed by atoms with E-state index in [9.17, 15) is 4.79 Å². The first-order chi connectivity index (χ1) is 14.1. The first kappa shape index (κ1) is 22.6. The smallest absolute Gasteiger partial charge is 0.251 e. The van der Waals surface area contributed by atoms with Crippen molar-refractivity contribution in [2.45, 2.75) is 69.0 Å². The lowest BCUT2D eigenvalue weighted by atomic mass is 10.0. The molecule has 0 atom stereocenters. The van der Waals surface area contributed by atoms with Gasteiger partial charge in [-0.2, -0.15) is 0 Å². The van der Waals surface area contributed by atoms with E-state index in [4.69, 9.17) is 0 Å². The number of rotatable bonds is 3. The van der Waals surface area contributed by atoms with E-state index in [0.717, 1.165) is 38.4 Å². The van der Waals surface area contributed by atoms with Gasteiger partial charge < -0.3 is 15.2 Å². The van der Waals surface area contributed by atoms with E-state index in [2.05, 4.69) is 27.8 Å². The van der Waals surface area contributed by atoms with E-state index in [-0.39, 0.29) is 5.56 Å². The molecule has 4 heterocycles. The summed E-state index contributed by atoms with van der Waals surface area (Å²) >= 11 is 5.93. The molecule has 0 radical (unpaired) electrons. The molecule has 0 saturated carbocycles. The van der Waals surface area contributed by atoms with Crippen LogP contribution in [0.5, 0.6) is 0 Å². The monoisotopic (exact) mass is 433 g/mol. The highest BCUT2D eigenvalue weighted by molar-refractivity contribution is 7.83. The predicted octanol–water partition coefficient (Wildman–Crippen LogP) is 4.88. The Morgan fingerprint density at radius 3 is 2.41 bits per heavy atom. The van der Waals surface area contributed by atoms with Crippen LogP contribution in [0.15, 0.2) is 27.2 Å². The zero-order chi connectivity index (χ0) is 20.6. The minimum absolute atomic E-state index is 0.0198. The fraction of sp³-hybridized carbons (Fsp3) is 0.609. The number of likely N-dealkylation sites (tertiary alicyclic amines) is 1. The van der Waals surface area contributed by atoms with Crippen molar-refractivity contribution in [3.8, 4) is 10.4 Å². The number of nitrogens with one attached hydrogen (secondary N) is 2. The quantitative estimate of drug-likeness (QED) is 0.605. The highest BCUT2D eigenvalue weighted by Crippen LogP contribution is 2.31. The fourth-order valence-corrected chi connectivity index (χ4v) is 5.48. The summed E-state index contributed by atoms with van der Waals surface area (Å²) in [5.74, 6) is 0. The number of aryl methyl sites for hydroxylation is 2. The molecule has 0 spiro atoms. The molecular formula is C23H35N3OS2. The maximum absolute atomic E-state index is 11.6. The van der Waals surface area contributed by atoms with Crippen LogP contribution in [0.2, 0.25) is 0 Å². The summed E-state index contributed by atoms with van der Waals surface area (Å²) in [5, 5.41) is 3.44. The fourth-order valence-electron chi connectivity index (χ4n) is 4.29. The average Bonchev–Trinajstić information content (AvgIpc) is 2.99. The van der Waals surface area contributed by atoms with Crippen molar-refractivity contribution in [1.29, 1.82) is 0 Å². The molecule has 2 fully saturated rings. The van der Waals surface area contributed by atoms with Crippen LogP contribution in [0.1, 0.15) is 56.7 Å². The molecule has 4 nitrogen and oxygen atoms in total. The molecule has 0 unspecified atom stereocenters. The van der Waals surface area contributed by atoms with E-state index >= 15 is 0 Å². The molecule has 2 N–H and O–H groups in total. The summed E-state index contributed by atoms with van der Waals surface area (Å²) in [6.45, 7) is 9.12. The van der Waals surface area contributed by atoms with Gasteiger partial charge >= 0.3 is 0 Å². The number of thiol groups is 1. The van der Waals surface area contributed by atoms with Crippen LogP contribution in [0.3, 0.4) is 0 Å². The van der Waals surface area contributed by atoms with Gasteiger partial charge in [-0.1, -0.05) is 19.8 Å². The van der Waals surface area contributed by atoms with Crippen LogP contribution in [0.25, 0.3) is 10.4 Å². The number of piperidine rings is 1. The Hall–Kier alpha value is -1.08. The summed E-state index contributed by atoms with van der Waals surface area (Å²) in [6.07, 6.45) is 9.29. The Labute approximate surface area is 184 Å². The average molecular weight is 434 g/mol. The van der Waals surface area contributed by atoms with E-state index < -0.39 is 0 Å². The van der Waals surface area contributed by atoms with Crippen LogP contribution < -0.4 is 10.9 Å². The first-order valence-electron chi connectivity index (χ1n) is 11.0. The van der Waals surface area contributed by atoms with Crippen LogP contribution in [-0.2, 0) is 6.42 Å². The number of aromatic amines is 1. The maximum atomic E-state index is 11.6. The normalized spacial score (nSPS) is 18.7. The van der Waals surface area contributed by atoms with Crippen LogP contribution >= 0.6 is 24.0 Å². The third kappa shape index (κ3) is 6.45. The molecule has 2 aliphatic rings. The van der Waals surface area contributed by atoms with E-state index in [1.807, 2.05) is 32.0 Å². The lowest BCUT2D eigenvalue weighted by molar-refractivity contribution is 0.168. The Balaban J connectivity index is 0.000000169. The lowest BCUT2D eigenvalue weighted by Gasteiger charge is -2.33. The Kier molecular flexibility index (Phi) is 8.85. The molecule has 0 amide bonds. The molecule has 29 heavy (non-hydrogen) atoms. The van der Waals surface area contributed by atoms with Crippen molar-refractivity contribution in [1.82, 2.24) is 15.2 Å². The first-order valence-corrected chi connectivity index (χ1v) is 12.3. The van der Waals surface area contributed by atoms with Gasteiger partial charge in [0.05, 0.1) is 4.21 Å². The highest BCUT2D eigenvalue weighted by atomic mass is 32.2. The molecule has 0 aliphatic carbocycles. The molecule has 2 aromatic rings. The van der Waals surface area contributed by atoms with E-state index in [1.165, 1.54) is 64.7 Å². The third-order valence-corrected chi connectivity index (χ3v) is 7.36. The van der Waals surface area contributed by atoms with Gasteiger partial charge in [0.25, 0.3) is 5.56 Å². The molecule has 2 aliphatic heterocycles. The van der Waals surface area contributed by atoms with Gasteiger partial charge in [0.1, 0.15) is 0 Å². The molecule has 0 bridgehead atoms. The van der Waals surface area contributed by atoms with Gasteiger partial charge in [0.15, 0.2) is 0 Å². The topological polar surface area (TPSA) is 48.1 Å². The number of hydrogen-bond acceptors (Lipinski definition) is 5. The van der Waals surface area contributed by atoms with Gasteiger partial charge in [-0.3, -0.25) is 4.79 Å². The van der Waals surface area contributed by atoms with Crippen LogP contribution in [0.4, 0.5) is 0 Å². The minimum Gasteiger partial charge on any atom is -0.326 e. The van der Waals surface area contributed by atoms with Gasteiger partial charge in [-0.15, -0.1) is 24.0 Å². The minimum atomic E-state index is 0.0198. The Bertz CT molecular complexity index is 816. The number of nitrogens with zero attached hydrogens (tertiary/aromatic N) is 1. The second-order valence-corrected chi connectivity index (χ2v) is 9.95. The summed E-state index contributed by atoms with van der Waals surface area (Å²) in [7, 11) is 0. The molecule has 0 aromatic carbocycles. The number of H-pyrrole nitrogens is 1. The zero-order valence-electron chi connectivity index (χ0n) is 17.8. The maximum Gasteiger partial charge on any atom is 0.251 e. The molecule has 2 saturated heterocycles. The second-order valence-electron chi connectivity index (χ2n) is 8.09. The van der Waals surface area contributed by atoms with Gasteiger partial charge in [-0.05, 0) is 83.4 Å². The predicted molar refractivity (Wildman–Crippen MR) is 128 cm³/mol. The summed E-state index contributed by atoms with van der Waals surface area (Å²) in [4.78, 5) is 18.4. The van der Waals surface area contributed by atoms with Crippen LogP contribution in [-0.4, -0.2) is 42.1 Å². The standard InChI is InChI=1S/C12H13NOS2.C11H22N2/c1-3-8-6-9(7(2)13-12(8)14)10-4-5-11(15)16-10;1-2-4-10-13(9-3-1)11-5-7-12-8-6-11/h4-6,15H,3H2,1-2H3,(H,13,14);11-12H,1-10H2. The van der Waals surface area contributed by atoms with Crippen molar-refractivity contribution in [2.75, 3.05) is 26.2 Å². The number of aromatic nitrogens is 1. The molecule has 6 heteroatoms. The molecule has 2 aromatic heterocycles. The molecular weight excluding hydrogens is 398 g/mol. The van der Waals surface area contributed by atoms with Crippen molar-refractivity contribution >= 4 is 24.0 Å². The van der Waals surface area contributed by atoms with Crippen molar-refractivity contribution in [2.24, 2.45) is 0 Å². The summed E-state index contributed by atoms with van der Waals surface area (Å²) in [6, 6.07) is 6.89. The number of pyridine rings is 1. The van der Waals surface area contributed by atoms with E-state index in [1.54, 1.807) is 11.3 Å². The second kappa shape index (κ2) is 11.3. The number of thiophene rings is 1. The highest BCUT2D eigenvalue weighted by Gasteiger charge is 2.21. The summed E-state index contributed by atoms with van der Waals surface area (Å²) < 4.78 is 0.985. The SMILES string of the molecule is C1CCCN(C2CCNCC2)CC1.CCc1cc(-c2ccc(S)s2)c(C)[nH]c1=O. The zero-order valence-corrected chi connectivity index (χ0v) is 19.5. The number of hydrogen-bond donors (Lipinski definition) is 3. The van der Waals surface area contributed by atoms with Crippen LogP contribution in [0, 0.1) is 6.92 Å². The molecule has 4 rings (SSSR count). The van der Waals surface area contributed by atoms with Crippen molar-refractivity contribution in [3.05, 3.63) is 39.8 Å². The Morgan fingerprint density at radius 2 is 1.83 bits per heavy atom. The van der Waals surface area contributed by atoms with Crippen molar-refractivity contribution < 1.29 is 0 Å². The molecule has 160 valence electrons. The Morgan fingerprint density at radius 1 is 1.14 bits per heavy atom.